The van der Waals surface area contributed by atoms with Gasteiger partial charge in [-0.3, -0.25) is 14.2 Å². The van der Waals surface area contributed by atoms with Gasteiger partial charge in [0.25, 0.3) is 0 Å². The Balaban J connectivity index is 3.02. The van der Waals surface area contributed by atoms with Gasteiger partial charge in [0.15, 0.2) is 5.78 Å². The van der Waals surface area contributed by atoms with Crippen molar-refractivity contribution in [2.24, 2.45) is 5.92 Å². The Kier molecular flexibility index (Phi) is 8.40. The van der Waals surface area contributed by atoms with Gasteiger partial charge < -0.3 is 21.1 Å². The van der Waals surface area contributed by atoms with Gasteiger partial charge in [0.2, 0.25) is 5.91 Å². The molecule has 1 atom stereocenters. The number of Topliss-reactive ketones (excluding diaryl/α,β-unsaturated/α-hetero) is 1. The fraction of sp³-hybridized carbons (Fsp3) is 0.647. The van der Waals surface area contributed by atoms with Crippen LogP contribution in [0.2, 0.25) is 0 Å². The van der Waals surface area contributed by atoms with Gasteiger partial charge in [0.05, 0.1) is 6.61 Å². The molecule has 9 nitrogen and oxygen atoms in total. The van der Waals surface area contributed by atoms with Crippen LogP contribution in [0.5, 0.6) is 0 Å². The number of nitrogens with two attached hydrogens (primary N) is 1. The first kappa shape index (κ1) is 21.8. The molecular formula is C17H29N5O4. The molecule has 0 saturated heterocycles. The smallest absolute Gasteiger partial charge is 0.349 e. The molecule has 9 heteroatoms. The lowest BCUT2D eigenvalue weighted by atomic mass is 10.0. The van der Waals surface area contributed by atoms with E-state index in [4.69, 9.17) is 5.73 Å². The number of nitrogens with zero attached hydrogens (tertiary/aromatic N) is 3. The molecule has 1 heterocycles. The van der Waals surface area contributed by atoms with Crippen LogP contribution in [0.1, 0.15) is 27.7 Å². The number of amides is 1. The molecule has 1 amide bonds. The van der Waals surface area contributed by atoms with Gasteiger partial charge in [0.1, 0.15) is 18.4 Å². The first-order valence-corrected chi connectivity index (χ1v) is 8.67. The van der Waals surface area contributed by atoms with Crippen molar-refractivity contribution in [2.45, 2.75) is 46.3 Å². The average Bonchev–Trinajstić information content (AvgIpc) is 2.55. The second kappa shape index (κ2) is 10.0. The summed E-state index contributed by atoms with van der Waals surface area (Å²) in [7, 11) is 0. The highest BCUT2D eigenvalue weighted by Gasteiger charge is 2.30. The maximum absolute atomic E-state index is 12.8. The lowest BCUT2D eigenvalue weighted by Gasteiger charge is -2.31. The van der Waals surface area contributed by atoms with Crippen molar-refractivity contribution in [3.63, 3.8) is 0 Å². The number of nitrogens with one attached hydrogen (secondary N) is 1. The third kappa shape index (κ3) is 6.23. The molecule has 0 fully saturated rings. The molecule has 1 aromatic rings. The summed E-state index contributed by atoms with van der Waals surface area (Å²) in [6.45, 7) is 7.30. The summed E-state index contributed by atoms with van der Waals surface area (Å²) in [5.41, 5.74) is 4.81. The Labute approximate surface area is 153 Å². The van der Waals surface area contributed by atoms with Crippen LogP contribution in [0.3, 0.4) is 0 Å². The van der Waals surface area contributed by atoms with Gasteiger partial charge in [-0.2, -0.15) is 4.98 Å². The van der Waals surface area contributed by atoms with E-state index in [1.165, 1.54) is 17.2 Å². The van der Waals surface area contributed by atoms with Crippen LogP contribution in [-0.4, -0.2) is 63.0 Å². The lowest BCUT2D eigenvalue weighted by molar-refractivity contribution is -0.142. The number of ketones is 1. The van der Waals surface area contributed by atoms with E-state index >= 15 is 0 Å². The largest absolute Gasteiger partial charge is 0.394 e. The Morgan fingerprint density at radius 3 is 2.50 bits per heavy atom. The summed E-state index contributed by atoms with van der Waals surface area (Å²) in [6.07, 6.45) is 1.38. The van der Waals surface area contributed by atoms with Crippen LogP contribution in [-0.2, 0) is 16.1 Å². The highest BCUT2D eigenvalue weighted by Crippen LogP contribution is 2.09. The molecule has 26 heavy (non-hydrogen) atoms. The van der Waals surface area contributed by atoms with Gasteiger partial charge in [-0.05, 0) is 6.07 Å². The number of anilines is 1. The van der Waals surface area contributed by atoms with E-state index in [9.17, 15) is 19.5 Å². The third-order valence-corrected chi connectivity index (χ3v) is 3.87. The van der Waals surface area contributed by atoms with E-state index in [-0.39, 0.29) is 36.7 Å². The molecule has 0 aliphatic rings. The highest BCUT2D eigenvalue weighted by atomic mass is 16.3. The predicted octanol–water partition coefficient (Wildman–Crippen LogP) is -0.762. The molecule has 146 valence electrons. The van der Waals surface area contributed by atoms with Crippen molar-refractivity contribution in [3.8, 4) is 0 Å². The SMILES string of the molecule is CC(C)NCCN(C(=O)Cn1ccc(N)nc1=O)[C@H](CO)C(=O)C(C)C. The predicted molar refractivity (Wildman–Crippen MR) is 98.5 cm³/mol. The van der Waals surface area contributed by atoms with Gasteiger partial charge >= 0.3 is 5.69 Å². The molecule has 0 radical (unpaired) electrons. The zero-order valence-corrected chi connectivity index (χ0v) is 15.8. The molecule has 0 bridgehead atoms. The summed E-state index contributed by atoms with van der Waals surface area (Å²) in [6, 6.07) is 0.681. The molecule has 4 N–H and O–H groups in total. The van der Waals surface area contributed by atoms with Crippen LogP contribution in [0.15, 0.2) is 17.1 Å². The van der Waals surface area contributed by atoms with Crippen molar-refractivity contribution in [2.75, 3.05) is 25.4 Å². The molecular weight excluding hydrogens is 338 g/mol. The van der Waals surface area contributed by atoms with Crippen molar-refractivity contribution in [1.29, 1.82) is 0 Å². The van der Waals surface area contributed by atoms with Crippen molar-refractivity contribution in [3.05, 3.63) is 22.7 Å². The molecule has 0 spiro atoms. The summed E-state index contributed by atoms with van der Waals surface area (Å²) in [4.78, 5) is 41.9. The minimum absolute atomic E-state index is 0.0694. The zero-order valence-electron chi connectivity index (χ0n) is 15.8. The fourth-order valence-electron chi connectivity index (χ4n) is 2.45. The molecule has 0 unspecified atom stereocenters. The number of hydrogen-bond donors (Lipinski definition) is 3. The minimum Gasteiger partial charge on any atom is -0.394 e. The van der Waals surface area contributed by atoms with E-state index < -0.39 is 24.2 Å². The molecule has 0 aliphatic heterocycles. The minimum atomic E-state index is -0.950. The van der Waals surface area contributed by atoms with Crippen molar-refractivity contribution in [1.82, 2.24) is 19.8 Å². The number of carbonyl (C=O) groups is 2. The van der Waals surface area contributed by atoms with E-state index in [0.29, 0.717) is 6.54 Å². The Morgan fingerprint density at radius 2 is 2.00 bits per heavy atom. The van der Waals surface area contributed by atoms with Crippen molar-refractivity contribution < 1.29 is 14.7 Å². The summed E-state index contributed by atoms with van der Waals surface area (Å²) < 4.78 is 1.12. The lowest BCUT2D eigenvalue weighted by Crippen LogP contribution is -2.52. The third-order valence-electron chi connectivity index (χ3n) is 3.87. The maximum Gasteiger partial charge on any atom is 0.349 e. The van der Waals surface area contributed by atoms with Crippen LogP contribution in [0.4, 0.5) is 5.82 Å². The maximum atomic E-state index is 12.8. The van der Waals surface area contributed by atoms with E-state index in [2.05, 4.69) is 10.3 Å². The van der Waals surface area contributed by atoms with Crippen LogP contribution < -0.4 is 16.7 Å². The molecule has 0 saturated carbocycles. The van der Waals surface area contributed by atoms with E-state index in [1.807, 2.05) is 13.8 Å². The van der Waals surface area contributed by atoms with Crippen LogP contribution in [0.25, 0.3) is 0 Å². The van der Waals surface area contributed by atoms with Gasteiger partial charge in [-0.25, -0.2) is 4.79 Å². The average molecular weight is 367 g/mol. The van der Waals surface area contributed by atoms with Gasteiger partial charge in [-0.1, -0.05) is 27.7 Å². The Hall–Kier alpha value is -2.26. The number of aliphatic hydroxyl groups is 1. The number of aliphatic hydroxyl groups excluding tert-OH is 1. The summed E-state index contributed by atoms with van der Waals surface area (Å²) >= 11 is 0. The number of carbonyl (C=O) groups excluding carboxylic acids is 2. The summed E-state index contributed by atoms with van der Waals surface area (Å²) in [5.74, 6) is -0.938. The molecule has 1 rings (SSSR count). The number of nitrogen functional groups attached to an aromatic ring is 1. The summed E-state index contributed by atoms with van der Waals surface area (Å²) in [5, 5.41) is 12.9. The second-order valence-electron chi connectivity index (χ2n) is 6.71. The number of aromatic nitrogens is 2. The van der Waals surface area contributed by atoms with E-state index in [1.54, 1.807) is 13.8 Å². The first-order valence-electron chi connectivity index (χ1n) is 8.67. The topological polar surface area (TPSA) is 131 Å². The number of hydrogen-bond acceptors (Lipinski definition) is 7. The van der Waals surface area contributed by atoms with E-state index in [0.717, 1.165) is 4.57 Å². The Morgan fingerprint density at radius 1 is 1.35 bits per heavy atom. The second-order valence-corrected chi connectivity index (χ2v) is 6.71. The van der Waals surface area contributed by atoms with Gasteiger partial charge in [0, 0.05) is 31.2 Å². The standard InChI is InChI=1S/C17H29N5O4/c1-11(2)16(25)13(10-23)22(8-6-19-12(3)4)15(24)9-21-7-5-14(18)20-17(21)26/h5,7,11-13,19,23H,6,8-10H2,1-4H3,(H2,18,20,26)/t13-/m1/s1. The normalized spacial score (nSPS) is 12.4. The highest BCUT2D eigenvalue weighted by molar-refractivity contribution is 5.90. The number of rotatable bonds is 10. The van der Waals surface area contributed by atoms with Crippen molar-refractivity contribution >= 4 is 17.5 Å². The fourth-order valence-corrected chi connectivity index (χ4v) is 2.45. The van der Waals surface area contributed by atoms with Gasteiger partial charge in [-0.15, -0.1) is 0 Å². The van der Waals surface area contributed by atoms with Crippen LogP contribution >= 0.6 is 0 Å². The van der Waals surface area contributed by atoms with Crippen LogP contribution in [0, 0.1) is 5.92 Å². The first-order chi connectivity index (χ1) is 12.2. The quantitative estimate of drug-likeness (QED) is 0.495. The zero-order chi connectivity index (χ0) is 19.9. The molecule has 0 aromatic carbocycles. The monoisotopic (exact) mass is 367 g/mol. The Bertz CT molecular complexity index is 671. The molecule has 1 aromatic heterocycles. The molecule has 0 aliphatic carbocycles.